The number of benzene rings is 1. The third-order valence-corrected chi connectivity index (χ3v) is 3.71. The van der Waals surface area contributed by atoms with Gasteiger partial charge in [0.15, 0.2) is 6.61 Å². The van der Waals surface area contributed by atoms with Crippen LogP contribution in [0.15, 0.2) is 48.7 Å². The van der Waals surface area contributed by atoms with Gasteiger partial charge in [-0.05, 0) is 38.1 Å². The predicted molar refractivity (Wildman–Crippen MR) is 92.7 cm³/mol. The second-order valence-electron chi connectivity index (χ2n) is 5.50. The van der Waals surface area contributed by atoms with E-state index >= 15 is 0 Å². The number of para-hydroxylation sites is 1. The number of H-pyrrole nitrogens is 1. The summed E-state index contributed by atoms with van der Waals surface area (Å²) in [5.41, 5.74) is 3.31. The molecule has 0 aliphatic heterocycles. The lowest BCUT2D eigenvalue weighted by Gasteiger charge is -2.07. The number of hydrogen-bond acceptors (Lipinski definition) is 4. The van der Waals surface area contributed by atoms with Gasteiger partial charge in [0.05, 0.1) is 22.8 Å². The number of rotatable bonds is 5. The summed E-state index contributed by atoms with van der Waals surface area (Å²) in [5.74, 6) is -0.993. The molecule has 3 aromatic rings. The van der Waals surface area contributed by atoms with Gasteiger partial charge in [0.25, 0.3) is 5.91 Å². The van der Waals surface area contributed by atoms with E-state index in [0.29, 0.717) is 17.1 Å². The van der Waals surface area contributed by atoms with Gasteiger partial charge >= 0.3 is 5.97 Å². The number of amides is 1. The molecule has 2 aromatic heterocycles. The molecule has 0 atom stereocenters. The molecule has 0 fully saturated rings. The SMILES string of the molecule is Cc1nn(-c2ccccc2)c(C)c1NC(=O)COC(=O)c1ccc[nH]1. The van der Waals surface area contributed by atoms with Crippen LogP contribution in [0.5, 0.6) is 0 Å². The number of aryl methyl sites for hydroxylation is 1. The largest absolute Gasteiger partial charge is 0.451 e. The van der Waals surface area contributed by atoms with Crippen molar-refractivity contribution in [3.63, 3.8) is 0 Å². The number of hydrogen-bond donors (Lipinski definition) is 2. The van der Waals surface area contributed by atoms with E-state index in [2.05, 4.69) is 15.4 Å². The van der Waals surface area contributed by atoms with Crippen LogP contribution in [-0.2, 0) is 9.53 Å². The van der Waals surface area contributed by atoms with E-state index in [0.717, 1.165) is 11.4 Å². The molecule has 2 N–H and O–H groups in total. The first-order chi connectivity index (χ1) is 12.1. The molecule has 7 nitrogen and oxygen atoms in total. The Bertz CT molecular complexity index is 883. The summed E-state index contributed by atoms with van der Waals surface area (Å²) in [6, 6.07) is 12.9. The molecule has 128 valence electrons. The summed E-state index contributed by atoms with van der Waals surface area (Å²) in [7, 11) is 0. The first kappa shape index (κ1) is 16.5. The van der Waals surface area contributed by atoms with E-state index in [1.165, 1.54) is 0 Å². The average molecular weight is 338 g/mol. The summed E-state index contributed by atoms with van der Waals surface area (Å²) in [6.07, 6.45) is 1.61. The predicted octanol–water partition coefficient (Wildman–Crippen LogP) is 2.61. The number of aromatic amines is 1. The molecular weight excluding hydrogens is 320 g/mol. The maximum atomic E-state index is 12.1. The highest BCUT2D eigenvalue weighted by atomic mass is 16.5. The third kappa shape index (κ3) is 3.60. The standard InChI is InChI=1S/C18H18N4O3/c1-12-17(13(2)22(21-12)14-7-4-3-5-8-14)20-16(23)11-25-18(24)15-9-6-10-19-15/h3-10,19H,11H2,1-2H3,(H,20,23). The number of carbonyl (C=O) groups is 2. The molecule has 0 aliphatic rings. The van der Waals surface area contributed by atoms with Gasteiger partial charge in [0.2, 0.25) is 0 Å². The van der Waals surface area contributed by atoms with Crippen molar-refractivity contribution >= 4 is 17.6 Å². The Balaban J connectivity index is 1.67. The molecule has 7 heteroatoms. The molecule has 0 saturated carbocycles. The third-order valence-electron chi connectivity index (χ3n) is 3.71. The maximum absolute atomic E-state index is 12.1. The normalized spacial score (nSPS) is 10.5. The van der Waals surface area contributed by atoms with Crippen molar-refractivity contribution in [1.82, 2.24) is 14.8 Å². The molecule has 1 amide bonds. The van der Waals surface area contributed by atoms with Crippen LogP contribution in [0.2, 0.25) is 0 Å². The minimum absolute atomic E-state index is 0.303. The van der Waals surface area contributed by atoms with Crippen LogP contribution >= 0.6 is 0 Å². The average Bonchev–Trinajstić information content (AvgIpc) is 3.25. The first-order valence-corrected chi connectivity index (χ1v) is 7.78. The van der Waals surface area contributed by atoms with Gasteiger partial charge in [-0.15, -0.1) is 0 Å². The van der Waals surface area contributed by atoms with Gasteiger partial charge in [-0.25, -0.2) is 9.48 Å². The lowest BCUT2D eigenvalue weighted by molar-refractivity contribution is -0.119. The molecule has 2 heterocycles. The summed E-state index contributed by atoms with van der Waals surface area (Å²) >= 11 is 0. The van der Waals surface area contributed by atoms with Crippen LogP contribution in [-0.4, -0.2) is 33.2 Å². The minimum Gasteiger partial charge on any atom is -0.451 e. The summed E-state index contributed by atoms with van der Waals surface area (Å²) in [6.45, 7) is 3.31. The lowest BCUT2D eigenvalue weighted by atomic mass is 10.3. The van der Waals surface area contributed by atoms with Crippen LogP contribution < -0.4 is 5.32 Å². The van der Waals surface area contributed by atoms with Gasteiger partial charge in [0, 0.05) is 6.20 Å². The van der Waals surface area contributed by atoms with Crippen molar-refractivity contribution in [3.8, 4) is 5.69 Å². The van der Waals surface area contributed by atoms with E-state index in [-0.39, 0.29) is 6.61 Å². The summed E-state index contributed by atoms with van der Waals surface area (Å²) in [4.78, 5) is 26.6. The Hall–Kier alpha value is -3.35. The van der Waals surface area contributed by atoms with Crippen molar-refractivity contribution in [2.75, 3.05) is 11.9 Å². The number of aromatic nitrogens is 3. The van der Waals surface area contributed by atoms with Crippen LogP contribution in [0.4, 0.5) is 5.69 Å². The van der Waals surface area contributed by atoms with Gasteiger partial charge in [-0.1, -0.05) is 18.2 Å². The van der Waals surface area contributed by atoms with Gasteiger partial charge in [-0.3, -0.25) is 4.79 Å². The molecule has 0 saturated heterocycles. The van der Waals surface area contributed by atoms with E-state index in [9.17, 15) is 9.59 Å². The molecule has 1 aromatic carbocycles. The Morgan fingerprint density at radius 3 is 2.60 bits per heavy atom. The first-order valence-electron chi connectivity index (χ1n) is 7.78. The molecule has 0 radical (unpaired) electrons. The summed E-state index contributed by atoms with van der Waals surface area (Å²) in [5, 5.41) is 7.22. The molecular formula is C18H18N4O3. The monoisotopic (exact) mass is 338 g/mol. The van der Waals surface area contributed by atoms with Crippen molar-refractivity contribution in [1.29, 1.82) is 0 Å². The highest BCUT2D eigenvalue weighted by molar-refractivity contribution is 5.95. The second-order valence-corrected chi connectivity index (χ2v) is 5.50. The topological polar surface area (TPSA) is 89.0 Å². The minimum atomic E-state index is -0.575. The Kier molecular flexibility index (Phi) is 4.65. The fourth-order valence-corrected chi connectivity index (χ4v) is 2.49. The summed E-state index contributed by atoms with van der Waals surface area (Å²) < 4.78 is 6.74. The number of esters is 1. The highest BCUT2D eigenvalue weighted by Crippen LogP contribution is 2.22. The molecule has 0 aliphatic carbocycles. The van der Waals surface area contributed by atoms with E-state index in [1.807, 2.05) is 44.2 Å². The zero-order valence-corrected chi connectivity index (χ0v) is 13.9. The molecule has 0 bridgehead atoms. The Morgan fingerprint density at radius 2 is 1.92 bits per heavy atom. The fraction of sp³-hybridized carbons (Fsp3) is 0.167. The van der Waals surface area contributed by atoms with Gasteiger partial charge in [0.1, 0.15) is 5.69 Å². The number of nitrogens with zero attached hydrogens (tertiary/aromatic N) is 2. The van der Waals surface area contributed by atoms with Crippen molar-refractivity contribution < 1.29 is 14.3 Å². The van der Waals surface area contributed by atoms with Crippen LogP contribution in [0.25, 0.3) is 5.69 Å². The molecule has 0 unspecified atom stereocenters. The van der Waals surface area contributed by atoms with Crippen molar-refractivity contribution in [2.24, 2.45) is 0 Å². The Morgan fingerprint density at radius 1 is 1.16 bits per heavy atom. The van der Waals surface area contributed by atoms with Crippen LogP contribution in [0.3, 0.4) is 0 Å². The molecule has 3 rings (SSSR count). The second kappa shape index (κ2) is 7.04. The quantitative estimate of drug-likeness (QED) is 0.700. The molecule has 0 spiro atoms. The fourth-order valence-electron chi connectivity index (χ4n) is 2.49. The number of nitrogens with one attached hydrogen (secondary N) is 2. The number of ether oxygens (including phenoxy) is 1. The van der Waals surface area contributed by atoms with E-state index in [1.54, 1.807) is 23.0 Å². The van der Waals surface area contributed by atoms with Crippen molar-refractivity contribution in [3.05, 3.63) is 65.7 Å². The number of carbonyl (C=O) groups excluding carboxylic acids is 2. The Labute approximate surface area is 144 Å². The maximum Gasteiger partial charge on any atom is 0.355 e. The van der Waals surface area contributed by atoms with Crippen LogP contribution in [0.1, 0.15) is 21.9 Å². The van der Waals surface area contributed by atoms with Gasteiger partial charge < -0.3 is 15.0 Å². The van der Waals surface area contributed by atoms with Crippen molar-refractivity contribution in [2.45, 2.75) is 13.8 Å². The van der Waals surface area contributed by atoms with Crippen LogP contribution in [0, 0.1) is 13.8 Å². The zero-order valence-electron chi connectivity index (χ0n) is 13.9. The highest BCUT2D eigenvalue weighted by Gasteiger charge is 2.16. The lowest BCUT2D eigenvalue weighted by Crippen LogP contribution is -2.21. The number of anilines is 1. The van der Waals surface area contributed by atoms with E-state index in [4.69, 9.17) is 4.74 Å². The van der Waals surface area contributed by atoms with E-state index < -0.39 is 11.9 Å². The zero-order chi connectivity index (χ0) is 17.8. The molecule has 25 heavy (non-hydrogen) atoms. The van der Waals surface area contributed by atoms with Gasteiger partial charge in [-0.2, -0.15) is 5.10 Å². The smallest absolute Gasteiger partial charge is 0.355 e.